The number of benzene rings is 2. The summed E-state index contributed by atoms with van der Waals surface area (Å²) in [5, 5.41) is 5.62. The molecule has 2 amide bonds. The SMILES string of the molecule is CCc1ccc([C@H](NC(=O)COC(=O)C[C@@H]2Oc3ccccc3NC2=O)C(C)C)cc1. The number of carbonyl (C=O) groups is 3. The highest BCUT2D eigenvalue weighted by Gasteiger charge is 2.30. The summed E-state index contributed by atoms with van der Waals surface area (Å²) >= 11 is 0. The van der Waals surface area contributed by atoms with Gasteiger partial charge in [-0.1, -0.05) is 57.2 Å². The van der Waals surface area contributed by atoms with Gasteiger partial charge in [-0.15, -0.1) is 0 Å². The number of para-hydroxylation sites is 2. The third-order valence-corrected chi connectivity index (χ3v) is 5.15. The van der Waals surface area contributed by atoms with E-state index in [1.807, 2.05) is 38.1 Å². The van der Waals surface area contributed by atoms with Crippen LogP contribution in [0, 0.1) is 5.92 Å². The van der Waals surface area contributed by atoms with Crippen molar-refractivity contribution >= 4 is 23.5 Å². The van der Waals surface area contributed by atoms with Crippen molar-refractivity contribution in [2.24, 2.45) is 5.92 Å². The fourth-order valence-electron chi connectivity index (χ4n) is 3.39. The molecule has 0 unspecified atom stereocenters. The van der Waals surface area contributed by atoms with Crippen molar-refractivity contribution in [1.29, 1.82) is 0 Å². The highest BCUT2D eigenvalue weighted by molar-refractivity contribution is 5.99. The van der Waals surface area contributed by atoms with Crippen molar-refractivity contribution in [3.8, 4) is 5.75 Å². The maximum atomic E-state index is 12.4. The van der Waals surface area contributed by atoms with E-state index in [1.54, 1.807) is 24.3 Å². The van der Waals surface area contributed by atoms with Gasteiger partial charge in [-0.2, -0.15) is 0 Å². The van der Waals surface area contributed by atoms with Gasteiger partial charge in [0, 0.05) is 0 Å². The van der Waals surface area contributed by atoms with Crippen LogP contribution in [-0.2, 0) is 25.5 Å². The van der Waals surface area contributed by atoms with Crippen molar-refractivity contribution in [3.05, 3.63) is 59.7 Å². The number of carbonyl (C=O) groups excluding carboxylic acids is 3. The van der Waals surface area contributed by atoms with Crippen LogP contribution in [0.2, 0.25) is 0 Å². The minimum Gasteiger partial charge on any atom is -0.478 e. The molecular formula is C24H28N2O5. The zero-order valence-electron chi connectivity index (χ0n) is 18.0. The van der Waals surface area contributed by atoms with Crippen LogP contribution in [0.4, 0.5) is 5.69 Å². The molecule has 0 radical (unpaired) electrons. The standard InChI is InChI=1S/C24H28N2O5/c1-4-16-9-11-17(12-10-16)23(15(2)3)26-21(27)14-30-22(28)13-20-24(29)25-18-7-5-6-8-19(18)31-20/h5-12,15,20,23H,4,13-14H2,1-3H3,(H,25,29)(H,26,27)/t20-,23+/m0/s1. The molecule has 3 rings (SSSR count). The molecule has 0 aromatic heterocycles. The van der Waals surface area contributed by atoms with Gasteiger partial charge in [0.2, 0.25) is 0 Å². The Balaban J connectivity index is 1.51. The molecule has 0 aliphatic carbocycles. The Kier molecular flexibility index (Phi) is 7.28. The van der Waals surface area contributed by atoms with Gasteiger partial charge in [0.15, 0.2) is 12.7 Å². The lowest BCUT2D eigenvalue weighted by atomic mass is 9.95. The van der Waals surface area contributed by atoms with Gasteiger partial charge in [0.1, 0.15) is 5.75 Å². The molecular weight excluding hydrogens is 396 g/mol. The number of anilines is 1. The van der Waals surface area contributed by atoms with Crippen molar-refractivity contribution in [3.63, 3.8) is 0 Å². The number of aryl methyl sites for hydroxylation is 1. The first-order valence-electron chi connectivity index (χ1n) is 10.5. The molecule has 2 aromatic carbocycles. The average Bonchev–Trinajstić information content (AvgIpc) is 2.76. The van der Waals surface area contributed by atoms with Crippen molar-refractivity contribution < 1.29 is 23.9 Å². The summed E-state index contributed by atoms with van der Waals surface area (Å²) in [7, 11) is 0. The number of esters is 1. The third kappa shape index (κ3) is 5.84. The fraction of sp³-hybridized carbons (Fsp3) is 0.375. The maximum absolute atomic E-state index is 12.4. The number of rotatable bonds is 8. The van der Waals surface area contributed by atoms with Gasteiger partial charge >= 0.3 is 5.97 Å². The Bertz CT molecular complexity index is 939. The van der Waals surface area contributed by atoms with Crippen LogP contribution in [0.5, 0.6) is 5.75 Å². The predicted octanol–water partition coefficient (Wildman–Crippen LogP) is 3.40. The molecule has 0 fully saturated rings. The smallest absolute Gasteiger partial charge is 0.310 e. The van der Waals surface area contributed by atoms with Gasteiger partial charge < -0.3 is 20.1 Å². The molecule has 7 heteroatoms. The Morgan fingerprint density at radius 3 is 2.52 bits per heavy atom. The number of nitrogens with one attached hydrogen (secondary N) is 2. The molecule has 2 aromatic rings. The molecule has 1 aliphatic rings. The molecule has 1 heterocycles. The summed E-state index contributed by atoms with van der Waals surface area (Å²) in [6.07, 6.45) is -0.325. The second-order valence-corrected chi connectivity index (χ2v) is 7.84. The summed E-state index contributed by atoms with van der Waals surface area (Å²) in [4.78, 5) is 36.7. The van der Waals surface area contributed by atoms with E-state index in [9.17, 15) is 14.4 Å². The van der Waals surface area contributed by atoms with Crippen LogP contribution in [0.3, 0.4) is 0 Å². The Labute approximate surface area is 182 Å². The summed E-state index contributed by atoms with van der Waals surface area (Å²) < 4.78 is 10.7. The first-order chi connectivity index (χ1) is 14.9. The zero-order chi connectivity index (χ0) is 22.4. The molecule has 31 heavy (non-hydrogen) atoms. The second kappa shape index (κ2) is 10.1. The normalized spacial score (nSPS) is 16.0. The van der Waals surface area contributed by atoms with Crippen LogP contribution in [-0.4, -0.2) is 30.5 Å². The monoisotopic (exact) mass is 424 g/mol. The van der Waals surface area contributed by atoms with E-state index in [1.165, 1.54) is 5.56 Å². The molecule has 1 aliphatic heterocycles. The van der Waals surface area contributed by atoms with Crippen molar-refractivity contribution in [2.75, 3.05) is 11.9 Å². The van der Waals surface area contributed by atoms with E-state index in [4.69, 9.17) is 9.47 Å². The first kappa shape index (κ1) is 22.3. The van der Waals surface area contributed by atoms with Crippen LogP contribution in [0.15, 0.2) is 48.5 Å². The third-order valence-electron chi connectivity index (χ3n) is 5.15. The molecule has 7 nitrogen and oxygen atoms in total. The van der Waals surface area contributed by atoms with E-state index < -0.39 is 30.5 Å². The maximum Gasteiger partial charge on any atom is 0.310 e. The Hall–Kier alpha value is -3.35. The summed E-state index contributed by atoms with van der Waals surface area (Å²) in [6.45, 7) is 5.70. The van der Waals surface area contributed by atoms with Gasteiger partial charge in [0.05, 0.1) is 18.2 Å². The minimum absolute atomic E-state index is 0.159. The Morgan fingerprint density at radius 2 is 1.84 bits per heavy atom. The largest absolute Gasteiger partial charge is 0.478 e. The molecule has 0 spiro atoms. The quantitative estimate of drug-likeness (QED) is 0.634. The molecule has 0 saturated heterocycles. The molecule has 164 valence electrons. The van der Waals surface area contributed by atoms with Gasteiger partial charge in [-0.3, -0.25) is 14.4 Å². The summed E-state index contributed by atoms with van der Waals surface area (Å²) in [5.41, 5.74) is 2.78. The zero-order valence-corrected chi connectivity index (χ0v) is 18.0. The topological polar surface area (TPSA) is 93.7 Å². The average molecular weight is 424 g/mol. The molecule has 0 saturated carbocycles. The van der Waals surface area contributed by atoms with Gasteiger partial charge in [-0.25, -0.2) is 0 Å². The van der Waals surface area contributed by atoms with E-state index in [0.717, 1.165) is 12.0 Å². The minimum atomic E-state index is -0.994. The fourth-order valence-corrected chi connectivity index (χ4v) is 3.39. The van der Waals surface area contributed by atoms with E-state index >= 15 is 0 Å². The Morgan fingerprint density at radius 1 is 1.13 bits per heavy atom. The lowest BCUT2D eigenvalue weighted by Crippen LogP contribution is -2.39. The molecule has 2 N–H and O–H groups in total. The summed E-state index contributed by atoms with van der Waals surface area (Å²) in [5.74, 6) is -0.845. The van der Waals surface area contributed by atoms with E-state index in [2.05, 4.69) is 17.6 Å². The van der Waals surface area contributed by atoms with Crippen LogP contribution < -0.4 is 15.4 Å². The van der Waals surface area contributed by atoms with Gasteiger partial charge in [0.25, 0.3) is 11.8 Å². The lowest BCUT2D eigenvalue weighted by molar-refractivity contribution is -0.151. The van der Waals surface area contributed by atoms with E-state index in [0.29, 0.717) is 11.4 Å². The van der Waals surface area contributed by atoms with Crippen LogP contribution in [0.25, 0.3) is 0 Å². The second-order valence-electron chi connectivity index (χ2n) is 7.84. The molecule has 2 atom stereocenters. The highest BCUT2D eigenvalue weighted by Crippen LogP contribution is 2.29. The van der Waals surface area contributed by atoms with Crippen molar-refractivity contribution in [2.45, 2.75) is 45.8 Å². The van der Waals surface area contributed by atoms with Gasteiger partial charge in [-0.05, 0) is 35.6 Å². The lowest BCUT2D eigenvalue weighted by Gasteiger charge is -2.25. The summed E-state index contributed by atoms with van der Waals surface area (Å²) in [6, 6.07) is 14.9. The highest BCUT2D eigenvalue weighted by atomic mass is 16.5. The van der Waals surface area contributed by atoms with Crippen molar-refractivity contribution in [1.82, 2.24) is 5.32 Å². The number of fused-ring (bicyclic) bond motifs is 1. The van der Waals surface area contributed by atoms with Crippen LogP contribution >= 0.6 is 0 Å². The first-order valence-corrected chi connectivity index (χ1v) is 10.5. The predicted molar refractivity (Wildman–Crippen MR) is 117 cm³/mol. The number of hydrogen-bond acceptors (Lipinski definition) is 5. The van der Waals surface area contributed by atoms with Crippen LogP contribution in [0.1, 0.15) is 44.4 Å². The number of ether oxygens (including phenoxy) is 2. The van der Waals surface area contributed by atoms with E-state index in [-0.39, 0.29) is 18.4 Å². The number of hydrogen-bond donors (Lipinski definition) is 2. The molecule has 0 bridgehead atoms. The number of amides is 2.